The molecule has 0 unspecified atom stereocenters. The van der Waals surface area contributed by atoms with Crippen LogP contribution in [0.4, 0.5) is 0 Å². The minimum atomic E-state index is -0.771. The maximum Gasteiger partial charge on any atom is 0.265 e. The molecule has 0 aromatic heterocycles. The van der Waals surface area contributed by atoms with Crippen LogP contribution in [0.1, 0.15) is 27.9 Å². The average molecular weight is 221 g/mol. The van der Waals surface area contributed by atoms with E-state index in [0.29, 0.717) is 0 Å². The molecule has 0 heterocycles. The number of nitrogens with zero attached hydrogens (tertiary/aromatic N) is 1. The van der Waals surface area contributed by atoms with Crippen molar-refractivity contribution in [3.63, 3.8) is 0 Å². The lowest BCUT2D eigenvalue weighted by atomic mass is 10.0. The first kappa shape index (κ1) is 10.6. The van der Waals surface area contributed by atoms with Crippen molar-refractivity contribution in [2.75, 3.05) is 6.54 Å². The summed E-state index contributed by atoms with van der Waals surface area (Å²) in [6.45, 7) is -0.771. The number of phenols is 1. The maximum atomic E-state index is 11.5. The number of Topliss-reactive ketones (excluding diaryl/α,β-unsaturated/α-hetero) is 1. The van der Waals surface area contributed by atoms with Crippen LogP contribution >= 0.6 is 0 Å². The van der Waals surface area contributed by atoms with Crippen LogP contribution in [-0.2, 0) is 12.8 Å². The summed E-state index contributed by atoms with van der Waals surface area (Å²) < 4.78 is 0. The molecule has 0 saturated heterocycles. The number of hydrogen-bond donors (Lipinski definition) is 1. The zero-order valence-electron chi connectivity index (χ0n) is 8.60. The Kier molecular flexibility index (Phi) is 2.60. The number of carbonyl (C=O) groups excluding carboxylic acids is 1. The van der Waals surface area contributed by atoms with E-state index in [0.717, 1.165) is 30.4 Å². The number of hydrogen-bond acceptors (Lipinski definition) is 4. The van der Waals surface area contributed by atoms with Crippen LogP contribution in [0.2, 0.25) is 0 Å². The highest BCUT2D eigenvalue weighted by molar-refractivity contribution is 5.99. The molecule has 0 atom stereocenters. The third-order valence-corrected chi connectivity index (χ3v) is 2.78. The van der Waals surface area contributed by atoms with E-state index in [9.17, 15) is 20.0 Å². The highest BCUT2D eigenvalue weighted by atomic mass is 16.6. The van der Waals surface area contributed by atoms with Gasteiger partial charge in [-0.3, -0.25) is 14.9 Å². The van der Waals surface area contributed by atoms with Gasteiger partial charge in [0.25, 0.3) is 6.54 Å². The Morgan fingerprint density at radius 3 is 2.62 bits per heavy atom. The van der Waals surface area contributed by atoms with Crippen LogP contribution in [0, 0.1) is 10.1 Å². The van der Waals surface area contributed by atoms with Gasteiger partial charge in [-0.2, -0.15) is 0 Å². The number of rotatable bonds is 3. The largest absolute Gasteiger partial charge is 0.507 e. The maximum absolute atomic E-state index is 11.5. The predicted molar refractivity (Wildman–Crippen MR) is 56.3 cm³/mol. The van der Waals surface area contributed by atoms with Crippen molar-refractivity contribution in [1.82, 2.24) is 0 Å². The van der Waals surface area contributed by atoms with E-state index >= 15 is 0 Å². The van der Waals surface area contributed by atoms with E-state index in [1.807, 2.05) is 0 Å². The summed E-state index contributed by atoms with van der Waals surface area (Å²) in [4.78, 5) is 21.0. The molecule has 5 nitrogen and oxygen atoms in total. The van der Waals surface area contributed by atoms with Crippen LogP contribution in [0.25, 0.3) is 0 Å². The molecule has 0 amide bonds. The third-order valence-electron chi connectivity index (χ3n) is 2.78. The van der Waals surface area contributed by atoms with Crippen molar-refractivity contribution in [2.24, 2.45) is 0 Å². The van der Waals surface area contributed by atoms with Crippen molar-refractivity contribution >= 4 is 5.78 Å². The zero-order chi connectivity index (χ0) is 11.7. The highest BCUT2D eigenvalue weighted by Gasteiger charge is 2.21. The quantitative estimate of drug-likeness (QED) is 0.474. The number of aryl methyl sites for hydroxylation is 2. The number of ketones is 1. The first-order chi connectivity index (χ1) is 7.58. The molecule has 84 valence electrons. The summed E-state index contributed by atoms with van der Waals surface area (Å²) in [5, 5.41) is 19.8. The number of carbonyl (C=O) groups is 1. The smallest absolute Gasteiger partial charge is 0.265 e. The average Bonchev–Trinajstić information content (AvgIpc) is 2.61. The number of nitro groups is 1. The van der Waals surface area contributed by atoms with Gasteiger partial charge in [-0.05, 0) is 42.5 Å². The summed E-state index contributed by atoms with van der Waals surface area (Å²) in [7, 11) is 0. The zero-order valence-corrected chi connectivity index (χ0v) is 8.60. The molecule has 0 spiro atoms. The Bertz CT molecular complexity index is 467. The highest BCUT2D eigenvalue weighted by Crippen LogP contribution is 2.29. The fourth-order valence-corrected chi connectivity index (χ4v) is 2.04. The second-order valence-corrected chi connectivity index (χ2v) is 3.91. The lowest BCUT2D eigenvalue weighted by Gasteiger charge is -2.05. The summed E-state index contributed by atoms with van der Waals surface area (Å²) in [6.07, 6.45) is 2.77. The molecule has 0 saturated carbocycles. The summed E-state index contributed by atoms with van der Waals surface area (Å²) in [6, 6.07) is 3.14. The Morgan fingerprint density at radius 1 is 1.38 bits per heavy atom. The summed E-state index contributed by atoms with van der Waals surface area (Å²) in [5.74, 6) is -0.787. The van der Waals surface area contributed by atoms with Crippen molar-refractivity contribution in [3.8, 4) is 5.75 Å². The molecule has 16 heavy (non-hydrogen) atoms. The first-order valence-corrected chi connectivity index (χ1v) is 5.07. The fourth-order valence-electron chi connectivity index (χ4n) is 2.04. The molecule has 0 fully saturated rings. The van der Waals surface area contributed by atoms with Crippen LogP contribution in [0.15, 0.2) is 12.1 Å². The van der Waals surface area contributed by atoms with Gasteiger partial charge in [0.05, 0.1) is 5.56 Å². The number of fused-ring (bicyclic) bond motifs is 1. The molecule has 1 aliphatic rings. The van der Waals surface area contributed by atoms with Crippen LogP contribution < -0.4 is 0 Å². The molecule has 0 aliphatic heterocycles. The van der Waals surface area contributed by atoms with Gasteiger partial charge >= 0.3 is 0 Å². The standard InChI is InChI=1S/C11H11NO4/c13-10-5-8-3-1-2-7(8)4-9(10)11(14)6-12(15)16/h4-5,13H,1-3,6H2. The van der Waals surface area contributed by atoms with E-state index in [1.165, 1.54) is 0 Å². The molecular formula is C11H11NO4. The van der Waals surface area contributed by atoms with Gasteiger partial charge in [0, 0.05) is 4.92 Å². The van der Waals surface area contributed by atoms with Crippen LogP contribution in [0.5, 0.6) is 5.75 Å². The lowest BCUT2D eigenvalue weighted by molar-refractivity contribution is -0.465. The van der Waals surface area contributed by atoms with Crippen molar-refractivity contribution in [2.45, 2.75) is 19.3 Å². The molecule has 5 heteroatoms. The van der Waals surface area contributed by atoms with Gasteiger partial charge in [-0.25, -0.2) is 0 Å². The summed E-state index contributed by atoms with van der Waals surface area (Å²) in [5.41, 5.74) is 2.12. The van der Waals surface area contributed by atoms with E-state index < -0.39 is 17.3 Å². The predicted octanol–water partition coefficient (Wildman–Crippen LogP) is 1.34. The van der Waals surface area contributed by atoms with Gasteiger partial charge in [0.15, 0.2) is 0 Å². The Morgan fingerprint density at radius 2 is 2.00 bits per heavy atom. The van der Waals surface area contributed by atoms with Gasteiger partial charge in [-0.1, -0.05) is 0 Å². The van der Waals surface area contributed by atoms with E-state index in [2.05, 4.69) is 0 Å². The second kappa shape index (κ2) is 3.92. The molecule has 1 aromatic carbocycles. The minimum Gasteiger partial charge on any atom is -0.507 e. The van der Waals surface area contributed by atoms with Crippen molar-refractivity contribution < 1.29 is 14.8 Å². The van der Waals surface area contributed by atoms with E-state index in [4.69, 9.17) is 0 Å². The van der Waals surface area contributed by atoms with Gasteiger partial charge in [0.2, 0.25) is 5.78 Å². The minimum absolute atomic E-state index is 0.0670. The molecule has 0 radical (unpaired) electrons. The first-order valence-electron chi connectivity index (χ1n) is 5.07. The normalized spacial score (nSPS) is 13.5. The fraction of sp³-hybridized carbons (Fsp3) is 0.364. The number of phenolic OH excluding ortho intramolecular Hbond substituents is 1. The Hall–Kier alpha value is -1.91. The van der Waals surface area contributed by atoms with Crippen molar-refractivity contribution in [3.05, 3.63) is 38.9 Å². The molecule has 1 N–H and O–H groups in total. The SMILES string of the molecule is O=C(C[N+](=O)[O-])c1cc2c(cc1O)CCC2. The molecule has 1 aliphatic carbocycles. The summed E-state index contributed by atoms with van der Waals surface area (Å²) >= 11 is 0. The molecule has 1 aromatic rings. The van der Waals surface area contributed by atoms with Gasteiger partial charge < -0.3 is 5.11 Å². The number of aromatic hydroxyl groups is 1. The van der Waals surface area contributed by atoms with Crippen LogP contribution in [-0.4, -0.2) is 22.4 Å². The van der Waals surface area contributed by atoms with Crippen molar-refractivity contribution in [1.29, 1.82) is 0 Å². The van der Waals surface area contributed by atoms with Gasteiger partial charge in [0.1, 0.15) is 5.75 Å². The number of benzene rings is 1. The van der Waals surface area contributed by atoms with E-state index in [1.54, 1.807) is 12.1 Å². The van der Waals surface area contributed by atoms with Crippen LogP contribution in [0.3, 0.4) is 0 Å². The van der Waals surface area contributed by atoms with Gasteiger partial charge in [-0.15, -0.1) is 0 Å². The third kappa shape index (κ3) is 1.88. The Balaban J connectivity index is 2.34. The van der Waals surface area contributed by atoms with E-state index in [-0.39, 0.29) is 11.3 Å². The topological polar surface area (TPSA) is 80.4 Å². The lowest BCUT2D eigenvalue weighted by Crippen LogP contribution is -2.14. The Labute approximate surface area is 91.9 Å². The second-order valence-electron chi connectivity index (χ2n) is 3.91. The molecule has 0 bridgehead atoms. The monoisotopic (exact) mass is 221 g/mol. The molecule has 2 rings (SSSR count). The molecular weight excluding hydrogens is 210 g/mol.